The first-order valence-electron chi connectivity index (χ1n) is 6.58. The Morgan fingerprint density at radius 3 is 2.67 bits per heavy atom. The Kier molecular flexibility index (Phi) is 3.81. The summed E-state index contributed by atoms with van der Waals surface area (Å²) in [6.45, 7) is 1.83. The van der Waals surface area contributed by atoms with Crippen LogP contribution in [0.5, 0.6) is 0 Å². The lowest BCUT2D eigenvalue weighted by Crippen LogP contribution is -2.43. The molecule has 0 unspecified atom stereocenters. The van der Waals surface area contributed by atoms with E-state index in [1.165, 1.54) is 18.6 Å². The first-order valence-corrected chi connectivity index (χ1v) is 6.58. The van der Waals surface area contributed by atoms with Crippen LogP contribution in [0.15, 0.2) is 18.2 Å². The Labute approximate surface area is 107 Å². The van der Waals surface area contributed by atoms with Gasteiger partial charge in [-0.15, -0.1) is 0 Å². The van der Waals surface area contributed by atoms with E-state index in [9.17, 15) is 9.18 Å². The summed E-state index contributed by atoms with van der Waals surface area (Å²) in [6.07, 6.45) is 5.50. The Bertz CT molecular complexity index is 450. The second kappa shape index (κ2) is 5.19. The van der Waals surface area contributed by atoms with Gasteiger partial charge in [-0.1, -0.05) is 25.3 Å². The molecule has 0 aromatic heterocycles. The van der Waals surface area contributed by atoms with Crippen molar-refractivity contribution in [3.63, 3.8) is 0 Å². The maximum absolute atomic E-state index is 13.2. The van der Waals surface area contributed by atoms with E-state index < -0.39 is 0 Å². The molecule has 98 valence electrons. The summed E-state index contributed by atoms with van der Waals surface area (Å²) in [4.78, 5) is 12.2. The van der Waals surface area contributed by atoms with Crippen molar-refractivity contribution in [2.24, 2.45) is 5.73 Å². The van der Waals surface area contributed by atoms with Gasteiger partial charge < -0.3 is 5.73 Å². The molecule has 1 aromatic carbocycles. The predicted molar refractivity (Wildman–Crippen MR) is 70.1 cm³/mol. The lowest BCUT2D eigenvalue weighted by molar-refractivity contribution is 0.0933. The maximum atomic E-state index is 13.2. The molecular formula is C15H20FNO. The van der Waals surface area contributed by atoms with Gasteiger partial charge in [0.25, 0.3) is 0 Å². The molecule has 0 spiro atoms. The van der Waals surface area contributed by atoms with E-state index in [0.29, 0.717) is 12.0 Å². The molecule has 1 fully saturated rings. The summed E-state index contributed by atoms with van der Waals surface area (Å²) in [6, 6.07) is 4.35. The van der Waals surface area contributed by atoms with E-state index in [-0.39, 0.29) is 17.1 Å². The number of carbonyl (C=O) groups is 1. The average Bonchev–Trinajstić information content (AvgIpc) is 2.32. The molecule has 1 saturated carbocycles. The van der Waals surface area contributed by atoms with Gasteiger partial charge in [0.2, 0.25) is 0 Å². The summed E-state index contributed by atoms with van der Waals surface area (Å²) in [5, 5.41) is 0. The minimum Gasteiger partial charge on any atom is -0.325 e. The fraction of sp³-hybridized carbons (Fsp3) is 0.533. The zero-order valence-electron chi connectivity index (χ0n) is 10.8. The minimum absolute atomic E-state index is 0.0311. The van der Waals surface area contributed by atoms with Crippen LogP contribution in [0.2, 0.25) is 0 Å². The van der Waals surface area contributed by atoms with Crippen LogP contribution in [0, 0.1) is 12.7 Å². The van der Waals surface area contributed by atoms with Gasteiger partial charge >= 0.3 is 0 Å². The van der Waals surface area contributed by atoms with Crippen LogP contribution >= 0.6 is 0 Å². The molecule has 0 radical (unpaired) electrons. The van der Waals surface area contributed by atoms with E-state index in [4.69, 9.17) is 5.73 Å². The van der Waals surface area contributed by atoms with Gasteiger partial charge in [0.15, 0.2) is 5.78 Å². The van der Waals surface area contributed by atoms with Crippen molar-refractivity contribution in [1.29, 1.82) is 0 Å². The highest BCUT2D eigenvalue weighted by Gasteiger charge is 2.30. The molecule has 2 rings (SSSR count). The van der Waals surface area contributed by atoms with Crippen LogP contribution in [-0.4, -0.2) is 11.3 Å². The molecule has 2 nitrogen and oxygen atoms in total. The van der Waals surface area contributed by atoms with Gasteiger partial charge in [-0.05, 0) is 37.5 Å². The zero-order valence-corrected chi connectivity index (χ0v) is 10.8. The molecule has 0 amide bonds. The third-order valence-electron chi connectivity index (χ3n) is 3.86. The lowest BCUT2D eigenvalue weighted by atomic mass is 9.78. The van der Waals surface area contributed by atoms with Gasteiger partial charge in [-0.3, -0.25) is 4.79 Å². The topological polar surface area (TPSA) is 43.1 Å². The fourth-order valence-corrected chi connectivity index (χ4v) is 2.74. The number of nitrogens with two attached hydrogens (primary N) is 1. The van der Waals surface area contributed by atoms with Crippen LogP contribution in [0.25, 0.3) is 0 Å². The van der Waals surface area contributed by atoms with Crippen LogP contribution in [0.3, 0.4) is 0 Å². The fourth-order valence-electron chi connectivity index (χ4n) is 2.74. The molecule has 0 heterocycles. The van der Waals surface area contributed by atoms with Crippen molar-refractivity contribution < 1.29 is 9.18 Å². The van der Waals surface area contributed by atoms with E-state index in [0.717, 1.165) is 31.2 Å². The Morgan fingerprint density at radius 2 is 2.00 bits per heavy atom. The number of aryl methyl sites for hydroxylation is 1. The van der Waals surface area contributed by atoms with Crippen molar-refractivity contribution in [3.05, 3.63) is 35.1 Å². The Balaban J connectivity index is 2.14. The van der Waals surface area contributed by atoms with Crippen molar-refractivity contribution in [2.75, 3.05) is 0 Å². The van der Waals surface area contributed by atoms with Gasteiger partial charge in [0.1, 0.15) is 5.82 Å². The Morgan fingerprint density at radius 1 is 1.33 bits per heavy atom. The zero-order chi connectivity index (χ0) is 13.2. The van der Waals surface area contributed by atoms with E-state index in [1.54, 1.807) is 6.07 Å². The monoisotopic (exact) mass is 249 g/mol. The number of benzene rings is 1. The molecule has 0 atom stereocenters. The van der Waals surface area contributed by atoms with Crippen molar-refractivity contribution in [2.45, 2.75) is 51.0 Å². The molecule has 0 aliphatic heterocycles. The number of rotatable bonds is 3. The Hall–Kier alpha value is -1.22. The van der Waals surface area contributed by atoms with Crippen LogP contribution < -0.4 is 5.73 Å². The van der Waals surface area contributed by atoms with E-state index in [2.05, 4.69) is 0 Å². The van der Waals surface area contributed by atoms with Crippen molar-refractivity contribution in [1.82, 2.24) is 0 Å². The van der Waals surface area contributed by atoms with Gasteiger partial charge in [0.05, 0.1) is 0 Å². The third kappa shape index (κ3) is 2.96. The van der Waals surface area contributed by atoms with Crippen LogP contribution in [-0.2, 0) is 0 Å². The summed E-state index contributed by atoms with van der Waals surface area (Å²) >= 11 is 0. The summed E-state index contributed by atoms with van der Waals surface area (Å²) in [7, 11) is 0. The highest BCUT2D eigenvalue weighted by Crippen LogP contribution is 2.30. The maximum Gasteiger partial charge on any atom is 0.165 e. The number of hydrogen-bond donors (Lipinski definition) is 1. The largest absolute Gasteiger partial charge is 0.325 e. The van der Waals surface area contributed by atoms with Crippen molar-refractivity contribution >= 4 is 5.78 Å². The quantitative estimate of drug-likeness (QED) is 0.835. The second-order valence-corrected chi connectivity index (χ2v) is 5.48. The standard InChI is InChI=1S/C15H20FNO/c1-11-5-6-12(16)9-13(11)14(18)10-15(17)7-3-2-4-8-15/h5-6,9H,2-4,7-8,10,17H2,1H3. The molecule has 0 bridgehead atoms. The highest BCUT2D eigenvalue weighted by molar-refractivity contribution is 5.98. The minimum atomic E-state index is -0.381. The molecule has 1 aliphatic rings. The molecule has 3 heteroatoms. The predicted octanol–water partition coefficient (Wildman–Crippen LogP) is 3.37. The van der Waals surface area contributed by atoms with Crippen LogP contribution in [0.1, 0.15) is 54.4 Å². The molecule has 1 aromatic rings. The number of halogens is 1. The second-order valence-electron chi connectivity index (χ2n) is 5.48. The summed E-state index contributed by atoms with van der Waals surface area (Å²) in [5.41, 5.74) is 7.19. The smallest absolute Gasteiger partial charge is 0.165 e. The third-order valence-corrected chi connectivity index (χ3v) is 3.86. The summed E-state index contributed by atoms with van der Waals surface area (Å²) < 4.78 is 13.2. The average molecular weight is 249 g/mol. The van der Waals surface area contributed by atoms with Crippen LogP contribution in [0.4, 0.5) is 4.39 Å². The highest BCUT2D eigenvalue weighted by atomic mass is 19.1. The van der Waals surface area contributed by atoms with Gasteiger partial charge in [-0.25, -0.2) is 4.39 Å². The number of carbonyl (C=O) groups excluding carboxylic acids is 1. The molecular weight excluding hydrogens is 229 g/mol. The SMILES string of the molecule is Cc1ccc(F)cc1C(=O)CC1(N)CCCCC1. The summed E-state index contributed by atoms with van der Waals surface area (Å²) in [5.74, 6) is -0.393. The van der Waals surface area contributed by atoms with E-state index >= 15 is 0 Å². The van der Waals surface area contributed by atoms with Gasteiger partial charge in [-0.2, -0.15) is 0 Å². The molecule has 18 heavy (non-hydrogen) atoms. The molecule has 0 saturated heterocycles. The first-order chi connectivity index (χ1) is 8.50. The molecule has 2 N–H and O–H groups in total. The number of Topliss-reactive ketones (excluding diaryl/α,β-unsaturated/α-hetero) is 1. The van der Waals surface area contributed by atoms with Crippen molar-refractivity contribution in [3.8, 4) is 0 Å². The lowest BCUT2D eigenvalue weighted by Gasteiger charge is -2.32. The molecule has 1 aliphatic carbocycles. The first kappa shape index (κ1) is 13.2. The normalized spacial score (nSPS) is 18.6. The number of ketones is 1. The number of hydrogen-bond acceptors (Lipinski definition) is 2. The van der Waals surface area contributed by atoms with E-state index in [1.807, 2.05) is 6.92 Å². The van der Waals surface area contributed by atoms with Gasteiger partial charge in [0, 0.05) is 17.5 Å².